The van der Waals surface area contributed by atoms with E-state index < -0.39 is 10.0 Å². The second kappa shape index (κ2) is 7.56. The van der Waals surface area contributed by atoms with Crippen LogP contribution in [-0.4, -0.2) is 21.0 Å². The van der Waals surface area contributed by atoms with Gasteiger partial charge in [0.15, 0.2) is 0 Å². The first-order valence-corrected chi connectivity index (χ1v) is 9.51. The summed E-state index contributed by atoms with van der Waals surface area (Å²) < 4.78 is 28.5. The van der Waals surface area contributed by atoms with Crippen LogP contribution in [0.4, 0.5) is 0 Å². The van der Waals surface area contributed by atoms with Gasteiger partial charge in [-0.1, -0.05) is 12.8 Å². The molecule has 0 spiro atoms. The number of hydrogen-bond donors (Lipinski definition) is 2. The van der Waals surface area contributed by atoms with Crippen LogP contribution in [0.1, 0.15) is 30.6 Å². The van der Waals surface area contributed by atoms with E-state index in [1.165, 1.54) is 11.3 Å². The van der Waals surface area contributed by atoms with Crippen molar-refractivity contribution < 1.29 is 8.42 Å². The van der Waals surface area contributed by atoms with Gasteiger partial charge in [0.25, 0.3) is 0 Å². The molecule has 2 atom stereocenters. The van der Waals surface area contributed by atoms with Gasteiger partial charge in [0.05, 0.1) is 8.68 Å². The Bertz CT molecular complexity index is 548. The Kier molecular flexibility index (Phi) is 6.95. The first-order valence-electron chi connectivity index (χ1n) is 6.42. The monoisotopic (exact) mass is 402 g/mol. The molecule has 4 nitrogen and oxygen atoms in total. The molecule has 8 heteroatoms. The van der Waals surface area contributed by atoms with Crippen molar-refractivity contribution >= 4 is 49.7 Å². The highest BCUT2D eigenvalue weighted by Gasteiger charge is 2.29. The summed E-state index contributed by atoms with van der Waals surface area (Å²) in [6.07, 6.45) is 4.10. The van der Waals surface area contributed by atoms with Gasteiger partial charge >= 0.3 is 0 Å². The SMILES string of the molecule is Cc1sc(Br)cc1S(=O)(=O)NC1CCCCC1CN.Cl. The Hall–Kier alpha value is 0.340. The summed E-state index contributed by atoms with van der Waals surface area (Å²) >= 11 is 4.77. The average molecular weight is 404 g/mol. The minimum Gasteiger partial charge on any atom is -0.330 e. The van der Waals surface area contributed by atoms with Crippen molar-refractivity contribution in [3.8, 4) is 0 Å². The molecule has 1 fully saturated rings. The number of halogens is 2. The summed E-state index contributed by atoms with van der Waals surface area (Å²) in [5, 5.41) is 0. The summed E-state index contributed by atoms with van der Waals surface area (Å²) in [6.45, 7) is 2.37. The van der Waals surface area contributed by atoms with Gasteiger partial charge in [-0.05, 0) is 54.2 Å². The number of hydrogen-bond acceptors (Lipinski definition) is 4. The van der Waals surface area contributed by atoms with Crippen molar-refractivity contribution in [2.45, 2.75) is 43.5 Å². The lowest BCUT2D eigenvalue weighted by Gasteiger charge is -2.31. The van der Waals surface area contributed by atoms with Crippen molar-refractivity contribution in [2.75, 3.05) is 6.54 Å². The van der Waals surface area contributed by atoms with Crippen LogP contribution in [0.5, 0.6) is 0 Å². The van der Waals surface area contributed by atoms with Gasteiger partial charge in [-0.2, -0.15) is 0 Å². The fourth-order valence-electron chi connectivity index (χ4n) is 2.61. The van der Waals surface area contributed by atoms with Crippen LogP contribution >= 0.6 is 39.7 Å². The Morgan fingerprint density at radius 2 is 2.10 bits per heavy atom. The fraction of sp³-hybridized carbons (Fsp3) is 0.667. The van der Waals surface area contributed by atoms with Crippen molar-refractivity contribution in [1.29, 1.82) is 0 Å². The largest absolute Gasteiger partial charge is 0.330 e. The number of aryl methyl sites for hydroxylation is 1. The quantitative estimate of drug-likeness (QED) is 0.811. The van der Waals surface area contributed by atoms with Crippen LogP contribution in [0.3, 0.4) is 0 Å². The van der Waals surface area contributed by atoms with Gasteiger partial charge in [0.2, 0.25) is 10.0 Å². The predicted molar refractivity (Wildman–Crippen MR) is 89.1 cm³/mol. The number of rotatable bonds is 4. The van der Waals surface area contributed by atoms with E-state index in [-0.39, 0.29) is 24.4 Å². The van der Waals surface area contributed by atoms with Crippen molar-refractivity contribution in [3.05, 3.63) is 14.7 Å². The first-order chi connectivity index (χ1) is 8.94. The second-order valence-corrected chi connectivity index (χ2v) is 9.30. The Morgan fingerprint density at radius 1 is 1.45 bits per heavy atom. The van der Waals surface area contributed by atoms with Gasteiger partial charge in [0, 0.05) is 10.9 Å². The maximum absolute atomic E-state index is 12.4. The molecule has 2 rings (SSSR count). The van der Waals surface area contributed by atoms with Crippen molar-refractivity contribution in [1.82, 2.24) is 4.72 Å². The molecule has 0 radical (unpaired) electrons. The normalized spacial score (nSPS) is 23.4. The third-order valence-corrected chi connectivity index (χ3v) is 6.95. The van der Waals surface area contributed by atoms with E-state index in [1.807, 2.05) is 6.92 Å². The minimum absolute atomic E-state index is 0. The summed E-state index contributed by atoms with van der Waals surface area (Å²) in [4.78, 5) is 1.19. The van der Waals surface area contributed by atoms with Crippen molar-refractivity contribution in [2.24, 2.45) is 11.7 Å². The smallest absolute Gasteiger partial charge is 0.241 e. The molecule has 1 aliphatic carbocycles. The predicted octanol–water partition coefficient (Wildman–Crippen LogP) is 3.04. The van der Waals surface area contributed by atoms with Gasteiger partial charge in [0.1, 0.15) is 0 Å². The first kappa shape index (κ1) is 18.4. The molecule has 1 aliphatic rings. The zero-order valence-corrected chi connectivity index (χ0v) is 15.3. The molecule has 1 heterocycles. The zero-order valence-electron chi connectivity index (χ0n) is 11.3. The highest BCUT2D eigenvalue weighted by molar-refractivity contribution is 9.11. The van der Waals surface area contributed by atoms with Crippen LogP contribution in [0.25, 0.3) is 0 Å². The summed E-state index contributed by atoms with van der Waals surface area (Å²) in [7, 11) is -3.44. The third kappa shape index (κ3) is 4.18. The molecule has 0 aromatic carbocycles. The molecule has 3 N–H and O–H groups in total. The Morgan fingerprint density at radius 3 is 2.65 bits per heavy atom. The molecule has 2 unspecified atom stereocenters. The lowest BCUT2D eigenvalue weighted by atomic mass is 9.85. The Labute approximate surface area is 139 Å². The standard InChI is InChI=1S/C12H19BrN2O2S2.ClH/c1-8-11(6-12(13)18-8)19(16,17)15-10-5-3-2-4-9(10)7-14;/h6,9-10,15H,2-5,7,14H2,1H3;1H. The zero-order chi connectivity index (χ0) is 14.0. The average Bonchev–Trinajstić information content (AvgIpc) is 2.69. The van der Waals surface area contributed by atoms with E-state index in [0.29, 0.717) is 11.4 Å². The lowest BCUT2D eigenvalue weighted by molar-refractivity contribution is 0.296. The van der Waals surface area contributed by atoms with E-state index in [4.69, 9.17) is 5.73 Å². The lowest BCUT2D eigenvalue weighted by Crippen LogP contribution is -2.44. The van der Waals surface area contributed by atoms with E-state index >= 15 is 0 Å². The minimum atomic E-state index is -3.44. The molecule has 0 amide bonds. The molecule has 1 aromatic rings. The van der Waals surface area contributed by atoms with E-state index in [0.717, 1.165) is 34.3 Å². The second-order valence-electron chi connectivity index (χ2n) is 4.98. The molecule has 1 aromatic heterocycles. The van der Waals surface area contributed by atoms with Crippen molar-refractivity contribution in [3.63, 3.8) is 0 Å². The van der Waals surface area contributed by atoms with Crippen LogP contribution in [-0.2, 0) is 10.0 Å². The highest BCUT2D eigenvalue weighted by Crippen LogP contribution is 2.31. The van der Waals surface area contributed by atoms with Crippen LogP contribution in [0, 0.1) is 12.8 Å². The molecule has 1 saturated carbocycles. The maximum Gasteiger partial charge on any atom is 0.241 e. The maximum atomic E-state index is 12.4. The number of nitrogens with one attached hydrogen (secondary N) is 1. The van der Waals surface area contributed by atoms with Gasteiger partial charge in [-0.25, -0.2) is 13.1 Å². The Balaban J connectivity index is 0.00000200. The fourth-order valence-corrected chi connectivity index (χ4v) is 6.36. The number of sulfonamides is 1. The summed E-state index contributed by atoms with van der Waals surface area (Å²) in [5.41, 5.74) is 5.74. The van der Waals surface area contributed by atoms with Crippen LogP contribution < -0.4 is 10.5 Å². The molecule has 0 bridgehead atoms. The van der Waals surface area contributed by atoms with Crippen LogP contribution in [0.2, 0.25) is 0 Å². The van der Waals surface area contributed by atoms with E-state index in [2.05, 4.69) is 20.7 Å². The number of nitrogens with two attached hydrogens (primary N) is 1. The molecule has 20 heavy (non-hydrogen) atoms. The highest BCUT2D eigenvalue weighted by atomic mass is 79.9. The van der Waals surface area contributed by atoms with Gasteiger partial charge in [-0.15, -0.1) is 23.7 Å². The van der Waals surface area contributed by atoms with Gasteiger partial charge in [-0.3, -0.25) is 0 Å². The molecule has 116 valence electrons. The molecular formula is C12H20BrClN2O2S2. The number of thiophene rings is 1. The summed E-state index contributed by atoms with van der Waals surface area (Å²) in [5.74, 6) is 0.255. The van der Waals surface area contributed by atoms with E-state index in [9.17, 15) is 8.42 Å². The van der Waals surface area contributed by atoms with Crippen LogP contribution in [0.15, 0.2) is 14.7 Å². The molecular weight excluding hydrogens is 384 g/mol. The third-order valence-electron chi connectivity index (χ3n) is 3.65. The van der Waals surface area contributed by atoms with Gasteiger partial charge < -0.3 is 5.73 Å². The topological polar surface area (TPSA) is 72.2 Å². The molecule has 0 aliphatic heterocycles. The van der Waals surface area contributed by atoms with E-state index in [1.54, 1.807) is 6.07 Å². The summed E-state index contributed by atoms with van der Waals surface area (Å²) in [6, 6.07) is 1.64. The molecule has 0 saturated heterocycles.